The van der Waals surface area contributed by atoms with E-state index in [1.165, 1.54) is 0 Å². The molecule has 8 nitrogen and oxygen atoms in total. The van der Waals surface area contributed by atoms with Gasteiger partial charge in [-0.05, 0) is 67.1 Å². The molecular weight excluding hydrogens is 454 g/mol. The predicted octanol–water partition coefficient (Wildman–Crippen LogP) is 3.59. The monoisotopic (exact) mass is 487 g/mol. The molecule has 8 heteroatoms. The van der Waals surface area contributed by atoms with E-state index >= 15 is 0 Å². The number of hydrogen-bond acceptors (Lipinski definition) is 6. The van der Waals surface area contributed by atoms with Crippen LogP contribution in [0.3, 0.4) is 0 Å². The molecule has 1 fully saturated rings. The summed E-state index contributed by atoms with van der Waals surface area (Å²) in [4.78, 5) is 16.3. The average Bonchev–Trinajstić information content (AvgIpc) is 2.89. The Morgan fingerprint density at radius 2 is 1.58 bits per heavy atom. The zero-order valence-corrected chi connectivity index (χ0v) is 20.2. The number of carbonyl (C=O) groups is 1. The lowest BCUT2D eigenvalue weighted by Gasteiger charge is -2.23. The third-order valence-corrected chi connectivity index (χ3v) is 6.30. The van der Waals surface area contributed by atoms with Crippen molar-refractivity contribution in [2.45, 2.75) is 50.9 Å². The molecule has 0 aliphatic heterocycles. The number of aliphatic imine (C=N–C) groups is 1. The molecule has 0 bridgehead atoms. The first-order valence-electron chi connectivity index (χ1n) is 12.1. The van der Waals surface area contributed by atoms with Gasteiger partial charge in [-0.25, -0.2) is 0 Å². The van der Waals surface area contributed by atoms with E-state index in [2.05, 4.69) is 0 Å². The number of ether oxygens (including phenoxy) is 2. The van der Waals surface area contributed by atoms with Gasteiger partial charge in [0.15, 0.2) is 0 Å². The van der Waals surface area contributed by atoms with Gasteiger partial charge in [0.2, 0.25) is 5.91 Å². The molecule has 0 atom stereocenters. The maximum Gasteiger partial charge on any atom is 0.248 e. The molecule has 3 aromatic carbocycles. The Morgan fingerprint density at radius 1 is 0.889 bits per heavy atom. The third kappa shape index (κ3) is 6.62. The SMILES string of the molecule is NCc1ccc(COc2cc(Oc3cccc(C(N)=O)c3)ccc2C(N)=NC2CCC(N)CC2)cc1. The highest BCUT2D eigenvalue weighted by Crippen LogP contribution is 2.30. The highest BCUT2D eigenvalue weighted by atomic mass is 16.5. The fraction of sp³-hybridized carbons (Fsp3) is 0.286. The second kappa shape index (κ2) is 11.7. The van der Waals surface area contributed by atoms with Gasteiger partial charge < -0.3 is 32.4 Å². The van der Waals surface area contributed by atoms with Gasteiger partial charge in [-0.3, -0.25) is 9.79 Å². The fourth-order valence-electron chi connectivity index (χ4n) is 4.18. The molecule has 4 rings (SSSR count). The van der Waals surface area contributed by atoms with E-state index in [9.17, 15) is 4.79 Å². The summed E-state index contributed by atoms with van der Waals surface area (Å²) < 4.78 is 12.2. The van der Waals surface area contributed by atoms with Gasteiger partial charge in [-0.15, -0.1) is 0 Å². The van der Waals surface area contributed by atoms with Crippen molar-refractivity contribution < 1.29 is 14.3 Å². The Morgan fingerprint density at radius 3 is 2.28 bits per heavy atom. The lowest BCUT2D eigenvalue weighted by molar-refractivity contribution is 0.1000. The number of nitrogens with zero attached hydrogens (tertiary/aromatic N) is 1. The Bertz CT molecular complexity index is 1220. The maximum atomic E-state index is 11.5. The molecule has 3 aromatic rings. The van der Waals surface area contributed by atoms with Gasteiger partial charge in [0.05, 0.1) is 11.6 Å². The zero-order chi connectivity index (χ0) is 25.5. The van der Waals surface area contributed by atoms with Crippen molar-refractivity contribution in [1.29, 1.82) is 0 Å². The van der Waals surface area contributed by atoms with Crippen LogP contribution in [0.25, 0.3) is 0 Å². The van der Waals surface area contributed by atoms with Crippen LogP contribution >= 0.6 is 0 Å². The van der Waals surface area contributed by atoms with Crippen molar-refractivity contribution >= 4 is 11.7 Å². The molecule has 0 heterocycles. The molecule has 1 amide bonds. The van der Waals surface area contributed by atoms with E-state index in [0.717, 1.165) is 36.8 Å². The average molecular weight is 488 g/mol. The van der Waals surface area contributed by atoms with E-state index in [-0.39, 0.29) is 12.1 Å². The van der Waals surface area contributed by atoms with Gasteiger partial charge in [0.25, 0.3) is 0 Å². The molecule has 1 aliphatic rings. The Kier molecular flexibility index (Phi) is 8.20. The van der Waals surface area contributed by atoms with Crippen molar-refractivity contribution in [1.82, 2.24) is 0 Å². The summed E-state index contributed by atoms with van der Waals surface area (Å²) in [6.45, 7) is 0.824. The summed E-state index contributed by atoms with van der Waals surface area (Å²) in [7, 11) is 0. The van der Waals surface area contributed by atoms with Crippen LogP contribution < -0.4 is 32.4 Å². The summed E-state index contributed by atoms with van der Waals surface area (Å²) in [5, 5.41) is 0. The Hall–Kier alpha value is -3.88. The summed E-state index contributed by atoms with van der Waals surface area (Å²) in [6.07, 6.45) is 3.73. The van der Waals surface area contributed by atoms with E-state index in [1.807, 2.05) is 30.3 Å². The lowest BCUT2D eigenvalue weighted by Crippen LogP contribution is -2.29. The normalized spacial score (nSPS) is 18.0. The smallest absolute Gasteiger partial charge is 0.248 e. The van der Waals surface area contributed by atoms with E-state index in [0.29, 0.717) is 47.4 Å². The lowest BCUT2D eigenvalue weighted by atomic mass is 9.92. The Labute approximate surface area is 211 Å². The molecule has 8 N–H and O–H groups in total. The van der Waals surface area contributed by atoms with Crippen molar-refractivity contribution in [3.63, 3.8) is 0 Å². The minimum Gasteiger partial charge on any atom is -0.488 e. The second-order valence-corrected chi connectivity index (χ2v) is 9.04. The fourth-order valence-corrected chi connectivity index (χ4v) is 4.18. The van der Waals surface area contributed by atoms with E-state index in [4.69, 9.17) is 37.4 Å². The first-order chi connectivity index (χ1) is 17.4. The summed E-state index contributed by atoms with van der Waals surface area (Å²) in [6, 6.07) is 20.4. The first kappa shape index (κ1) is 25.2. The standard InChI is InChI=1S/C28H33N5O3/c29-16-18-4-6-19(7-5-18)17-35-26-15-24(36-23-3-1-2-20(14-23)28(32)34)12-13-25(26)27(31)33-22-10-8-21(30)9-11-22/h1-7,12-15,21-22H,8-11,16-17,29-30H2,(H2,31,33)(H2,32,34). The van der Waals surface area contributed by atoms with Crippen LogP contribution in [0.15, 0.2) is 71.7 Å². The topological polar surface area (TPSA) is 152 Å². The summed E-state index contributed by atoms with van der Waals surface area (Å²) >= 11 is 0. The van der Waals surface area contributed by atoms with E-state index in [1.54, 1.807) is 36.4 Å². The molecule has 0 radical (unpaired) electrons. The van der Waals surface area contributed by atoms with Gasteiger partial charge in [0.1, 0.15) is 29.7 Å². The highest BCUT2D eigenvalue weighted by molar-refractivity contribution is 6.00. The number of primary amides is 1. The van der Waals surface area contributed by atoms with Gasteiger partial charge in [-0.1, -0.05) is 30.3 Å². The van der Waals surface area contributed by atoms with Crippen LogP contribution in [0, 0.1) is 0 Å². The number of nitrogens with two attached hydrogens (primary N) is 4. The molecular formula is C28H33N5O3. The minimum absolute atomic E-state index is 0.147. The predicted molar refractivity (Wildman–Crippen MR) is 141 cm³/mol. The van der Waals surface area contributed by atoms with Crippen molar-refractivity contribution in [3.05, 3.63) is 89.0 Å². The summed E-state index contributed by atoms with van der Waals surface area (Å²) in [5.41, 5.74) is 26.7. The maximum absolute atomic E-state index is 11.5. The zero-order valence-electron chi connectivity index (χ0n) is 20.2. The highest BCUT2D eigenvalue weighted by Gasteiger charge is 2.19. The largest absolute Gasteiger partial charge is 0.488 e. The quantitative estimate of drug-likeness (QED) is 0.267. The second-order valence-electron chi connectivity index (χ2n) is 9.04. The van der Waals surface area contributed by atoms with Crippen LogP contribution in [0.1, 0.15) is 52.7 Å². The summed E-state index contributed by atoms with van der Waals surface area (Å²) in [5.74, 6) is 1.47. The number of amidine groups is 1. The van der Waals surface area contributed by atoms with Gasteiger partial charge in [0, 0.05) is 24.2 Å². The van der Waals surface area contributed by atoms with E-state index < -0.39 is 5.91 Å². The van der Waals surface area contributed by atoms with Crippen molar-refractivity contribution in [2.75, 3.05) is 0 Å². The molecule has 1 saturated carbocycles. The number of amides is 1. The molecule has 188 valence electrons. The minimum atomic E-state index is -0.520. The molecule has 36 heavy (non-hydrogen) atoms. The molecule has 1 aliphatic carbocycles. The number of benzene rings is 3. The van der Waals surface area contributed by atoms with Gasteiger partial charge >= 0.3 is 0 Å². The number of carbonyl (C=O) groups excluding carboxylic acids is 1. The number of rotatable bonds is 9. The van der Waals surface area contributed by atoms with Crippen molar-refractivity contribution in [2.24, 2.45) is 27.9 Å². The van der Waals surface area contributed by atoms with Crippen LogP contribution in [-0.2, 0) is 13.2 Å². The van der Waals surface area contributed by atoms with Crippen LogP contribution in [0.2, 0.25) is 0 Å². The third-order valence-electron chi connectivity index (χ3n) is 6.30. The Balaban J connectivity index is 1.59. The molecule has 0 unspecified atom stereocenters. The molecule has 0 saturated heterocycles. The van der Waals surface area contributed by atoms with Crippen molar-refractivity contribution in [3.8, 4) is 17.2 Å². The van der Waals surface area contributed by atoms with Crippen LogP contribution in [-0.4, -0.2) is 23.8 Å². The molecule has 0 spiro atoms. The van der Waals surface area contributed by atoms with Gasteiger partial charge in [-0.2, -0.15) is 0 Å². The van der Waals surface area contributed by atoms with Crippen LogP contribution in [0.5, 0.6) is 17.2 Å². The molecule has 0 aromatic heterocycles. The van der Waals surface area contributed by atoms with Crippen LogP contribution in [0.4, 0.5) is 0 Å². The number of hydrogen-bond donors (Lipinski definition) is 4. The first-order valence-corrected chi connectivity index (χ1v) is 12.1.